The minimum atomic E-state index is -1.90. The molecule has 462 valence electrons. The number of nitrogens with one attached hydrogen (secondary N) is 7. The maximum absolute atomic E-state index is 15.4. The number of carbonyl (C=O) groups is 12. The van der Waals surface area contributed by atoms with Crippen molar-refractivity contribution in [1.29, 1.82) is 0 Å². The summed E-state index contributed by atoms with van der Waals surface area (Å²) in [7, 11) is 0. The second kappa shape index (κ2) is 32.0. The molecule has 28 heteroatoms. The van der Waals surface area contributed by atoms with E-state index in [1.807, 2.05) is 12.1 Å². The number of carbonyl (C=O) groups excluding carboxylic acids is 11. The Morgan fingerprint density at radius 2 is 1.36 bits per heavy atom. The van der Waals surface area contributed by atoms with Gasteiger partial charge >= 0.3 is 11.9 Å². The molecule has 2 aromatic carbocycles. The average Bonchev–Trinajstić information content (AvgIpc) is 3.30. The Morgan fingerprint density at radius 3 is 2.01 bits per heavy atom. The van der Waals surface area contributed by atoms with Crippen LogP contribution in [0.15, 0.2) is 85.3 Å². The number of amides is 10. The smallest absolute Gasteiger partial charge is 0.333 e. The third-order valence-electron chi connectivity index (χ3n) is 13.3. The van der Waals surface area contributed by atoms with Gasteiger partial charge < -0.3 is 61.7 Å². The van der Waals surface area contributed by atoms with Crippen molar-refractivity contribution in [1.82, 2.24) is 56.7 Å². The zero-order valence-electron chi connectivity index (χ0n) is 48.1. The number of aliphatic hydroxyl groups is 1. The van der Waals surface area contributed by atoms with Crippen molar-refractivity contribution in [3.8, 4) is 11.1 Å². The van der Waals surface area contributed by atoms with Crippen LogP contribution in [-0.4, -0.2) is 158 Å². The predicted molar refractivity (Wildman–Crippen MR) is 300 cm³/mol. The van der Waals surface area contributed by atoms with Crippen LogP contribution in [-0.2, 0) is 75.3 Å². The van der Waals surface area contributed by atoms with Gasteiger partial charge in [0.1, 0.15) is 42.4 Å². The zero-order valence-corrected chi connectivity index (χ0v) is 48.1. The lowest BCUT2D eigenvalue weighted by molar-refractivity contribution is -0.197. The van der Waals surface area contributed by atoms with Crippen LogP contribution >= 0.6 is 0 Å². The predicted octanol–water partition coefficient (Wildman–Crippen LogP) is 0.997. The van der Waals surface area contributed by atoms with Crippen molar-refractivity contribution >= 4 is 71.0 Å². The Morgan fingerprint density at radius 1 is 0.721 bits per heavy atom. The van der Waals surface area contributed by atoms with Crippen molar-refractivity contribution in [2.75, 3.05) is 32.8 Å². The molecule has 1 fully saturated rings. The molecule has 0 unspecified atom stereocenters. The number of carboxylic acid groups (broad SMARTS) is 1. The Kier molecular flexibility index (Phi) is 25.0. The molecule has 5 atom stereocenters. The molecule has 5 rings (SSSR count). The zero-order chi connectivity index (χ0) is 63.3. The van der Waals surface area contributed by atoms with Crippen molar-refractivity contribution in [3.63, 3.8) is 0 Å². The van der Waals surface area contributed by atoms with Crippen molar-refractivity contribution in [2.24, 2.45) is 5.41 Å². The first kappa shape index (κ1) is 67.3. The van der Waals surface area contributed by atoms with Gasteiger partial charge in [0.2, 0.25) is 47.3 Å². The quantitative estimate of drug-likeness (QED) is 0.0251. The lowest BCUT2D eigenvalue weighted by Crippen LogP contribution is -2.58. The lowest BCUT2D eigenvalue weighted by Gasteiger charge is -2.41. The molecule has 10 amide bonds. The summed E-state index contributed by atoms with van der Waals surface area (Å²) in [6.07, 6.45) is 2.18. The second-order valence-corrected chi connectivity index (χ2v) is 21.3. The fourth-order valence-corrected chi connectivity index (χ4v) is 9.08. The van der Waals surface area contributed by atoms with Crippen LogP contribution < -0.4 is 37.2 Å². The van der Waals surface area contributed by atoms with Gasteiger partial charge in [-0.25, -0.2) is 13.6 Å². The lowest BCUT2D eigenvalue weighted by atomic mass is 9.82. The van der Waals surface area contributed by atoms with Gasteiger partial charge in [-0.1, -0.05) is 51.1 Å². The van der Waals surface area contributed by atoms with E-state index in [2.05, 4.69) is 42.2 Å². The molecule has 0 saturated carbocycles. The summed E-state index contributed by atoms with van der Waals surface area (Å²) in [6.45, 7) is 5.49. The van der Waals surface area contributed by atoms with Crippen molar-refractivity contribution < 1.29 is 81.4 Å². The fraction of sp³-hybridized carbons (Fsp3) is 0.431. The van der Waals surface area contributed by atoms with E-state index in [1.54, 1.807) is 67.9 Å². The highest BCUT2D eigenvalue weighted by molar-refractivity contribution is 6.01. The van der Waals surface area contributed by atoms with Crippen molar-refractivity contribution in [2.45, 2.75) is 123 Å². The van der Waals surface area contributed by atoms with E-state index >= 15 is 4.39 Å². The number of hydrogen-bond acceptors (Lipinski definition) is 15. The number of halogens is 2. The number of pyridine rings is 1. The molecule has 86 heavy (non-hydrogen) atoms. The van der Waals surface area contributed by atoms with E-state index in [0.29, 0.717) is 16.3 Å². The van der Waals surface area contributed by atoms with Crippen molar-refractivity contribution in [3.05, 3.63) is 114 Å². The minimum Gasteiger partial charge on any atom is -0.481 e. The maximum atomic E-state index is 15.4. The van der Waals surface area contributed by atoms with E-state index in [0.717, 1.165) is 23.8 Å². The fourth-order valence-electron chi connectivity index (χ4n) is 9.08. The summed E-state index contributed by atoms with van der Waals surface area (Å²) < 4.78 is 31.8. The number of imide groups is 1. The molecule has 0 radical (unpaired) electrons. The summed E-state index contributed by atoms with van der Waals surface area (Å²) in [5, 5.41) is 37.8. The van der Waals surface area contributed by atoms with Crippen LogP contribution in [0.25, 0.3) is 11.1 Å². The van der Waals surface area contributed by atoms with Gasteiger partial charge in [0, 0.05) is 87.3 Å². The minimum absolute atomic E-state index is 0.0491. The summed E-state index contributed by atoms with van der Waals surface area (Å²) in [5.74, 6) is -12.0. The average molecular weight is 1200 g/mol. The Balaban J connectivity index is 1.34. The molecule has 0 bridgehead atoms. The Labute approximate surface area is 493 Å². The van der Waals surface area contributed by atoms with E-state index in [4.69, 9.17) is 4.84 Å². The number of hydroxylamine groups is 2. The monoisotopic (exact) mass is 1200 g/mol. The first-order chi connectivity index (χ1) is 40.7. The Hall–Kier alpha value is -9.47. The van der Waals surface area contributed by atoms with Gasteiger partial charge in [0.15, 0.2) is 0 Å². The van der Waals surface area contributed by atoms with Crippen LogP contribution in [0.1, 0.15) is 102 Å². The SMILES string of the molecule is C[C@H](NC(=O)Cc1ccncc1)C(=O)N[C@H](C)C(=O)N[C@@H](CC(=O)O)C(=O)N[C@@H](CCN(C(=O)CO)[C@@H](c1cc(-c2cc(F)ccc2F)cn1Cc1ccccc1)C(C)(C)C)C(=O)NCCNC(=O)CNC(=O)CCCC(=O)ON1C(=O)CCC1=O. The summed E-state index contributed by atoms with van der Waals surface area (Å²) >= 11 is 0. The number of carboxylic acids is 1. The first-order valence-corrected chi connectivity index (χ1v) is 27.5. The first-order valence-electron chi connectivity index (χ1n) is 27.5. The second-order valence-electron chi connectivity index (χ2n) is 21.3. The van der Waals surface area contributed by atoms with Crippen LogP contribution in [0.5, 0.6) is 0 Å². The topological polar surface area (TPSA) is 363 Å². The Bertz CT molecular complexity index is 3110. The van der Waals surface area contributed by atoms with Gasteiger partial charge in [0.25, 0.3) is 11.8 Å². The van der Waals surface area contributed by atoms with E-state index < -0.39 is 151 Å². The number of nitrogens with zero attached hydrogens (tertiary/aromatic N) is 4. The van der Waals surface area contributed by atoms with E-state index in [1.165, 1.54) is 31.1 Å². The van der Waals surface area contributed by atoms with E-state index in [9.17, 15) is 72.1 Å². The highest BCUT2D eigenvalue weighted by Gasteiger charge is 2.39. The summed E-state index contributed by atoms with van der Waals surface area (Å²) in [5.41, 5.74) is 1.00. The number of hydrogen-bond donors (Lipinski definition) is 9. The molecule has 1 aliphatic heterocycles. The molecule has 26 nitrogen and oxygen atoms in total. The molecule has 4 aromatic rings. The number of aromatic nitrogens is 2. The van der Waals surface area contributed by atoms with Crippen LogP contribution in [0.3, 0.4) is 0 Å². The third kappa shape index (κ3) is 20.7. The molecular formula is C58H71F2N11O15. The molecule has 9 N–H and O–H groups in total. The third-order valence-corrected chi connectivity index (χ3v) is 13.3. The molecule has 1 saturated heterocycles. The highest BCUT2D eigenvalue weighted by atomic mass is 19.1. The van der Waals surface area contributed by atoms with Gasteiger partial charge in [-0.3, -0.25) is 57.7 Å². The summed E-state index contributed by atoms with van der Waals surface area (Å²) in [4.78, 5) is 165. The molecular weight excluding hydrogens is 1130 g/mol. The normalized spacial score (nSPS) is 13.9. The summed E-state index contributed by atoms with van der Waals surface area (Å²) in [6, 6.07) is 9.64. The standard InChI is InChI=1S/C58H71F2N11O15/c1-34(65-46(74)26-36-18-21-61-22-19-36)54(82)66-35(2)55(83)68-43(29-51(79)80)57(85)67-42(56(84)63-24-23-62-47(75)30-64-45(73)12-9-13-52(81)86-71-48(76)16-17-49(71)77)20-25-70(50(78)33-72)53(58(3,4)5)44-27-38(40-28-39(59)14-15-41(40)60)32-69(44)31-37-10-7-6-8-11-37/h6-8,10-11,14-15,18-19,21-22,27-28,32,34-35,42-43,53,72H,9,12-13,16-17,20,23-26,29-31,33H2,1-5H3,(H,62,75)(H,63,84)(H,64,73)(H,65,74)(H,66,82)(H,67,85)(H,68,83)(H,79,80)/t34-,35+,42-,43-,53-/m0/s1. The number of benzene rings is 2. The number of aliphatic hydroxyl groups excluding tert-OH is 1. The van der Waals surface area contributed by atoms with Gasteiger partial charge in [-0.15, -0.1) is 5.06 Å². The highest BCUT2D eigenvalue weighted by Crippen LogP contribution is 2.41. The molecule has 0 aliphatic carbocycles. The van der Waals surface area contributed by atoms with Gasteiger partial charge in [0.05, 0.1) is 25.4 Å². The molecule has 3 heterocycles. The van der Waals surface area contributed by atoms with Crippen LogP contribution in [0, 0.1) is 17.0 Å². The van der Waals surface area contributed by atoms with Crippen LogP contribution in [0.4, 0.5) is 8.78 Å². The van der Waals surface area contributed by atoms with Gasteiger partial charge in [-0.05, 0) is 79.6 Å². The molecule has 2 aromatic heterocycles. The number of rotatable bonds is 31. The maximum Gasteiger partial charge on any atom is 0.333 e. The van der Waals surface area contributed by atoms with Gasteiger partial charge in [-0.2, -0.15) is 0 Å². The number of aliphatic carboxylic acids is 1. The molecule has 0 spiro atoms. The van der Waals surface area contributed by atoms with Crippen LogP contribution in [0.2, 0.25) is 0 Å². The van der Waals surface area contributed by atoms with E-state index in [-0.39, 0.29) is 69.3 Å². The molecule has 1 aliphatic rings. The largest absolute Gasteiger partial charge is 0.481 e.